The number of nitrogens with one attached hydrogen (secondary N) is 2. The first-order chi connectivity index (χ1) is 10.3. The highest BCUT2D eigenvalue weighted by Gasteiger charge is 2.32. The zero-order valence-electron chi connectivity index (χ0n) is 14.2. The lowest BCUT2D eigenvalue weighted by molar-refractivity contribution is -0.137. The molecule has 6 heteroatoms. The molecule has 0 saturated heterocycles. The number of carbonyl (C=O) groups is 2. The van der Waals surface area contributed by atoms with Gasteiger partial charge in [-0.05, 0) is 6.42 Å². The predicted octanol–water partition coefficient (Wildman–Crippen LogP) is 0.959. The summed E-state index contributed by atoms with van der Waals surface area (Å²) in [5, 5.41) is 24.2. The Kier molecular flexibility index (Phi) is 10.8. The van der Waals surface area contributed by atoms with Crippen LogP contribution in [-0.2, 0) is 9.59 Å². The summed E-state index contributed by atoms with van der Waals surface area (Å²) in [5.41, 5.74) is -0.883. The van der Waals surface area contributed by atoms with Crippen molar-refractivity contribution in [2.45, 2.75) is 65.4 Å². The molecule has 0 aromatic heterocycles. The smallest absolute Gasteiger partial charge is 0.249 e. The average molecular weight is 316 g/mol. The van der Waals surface area contributed by atoms with Gasteiger partial charge in [0.1, 0.15) is 6.10 Å². The number of hydrogen-bond acceptors (Lipinski definition) is 4. The molecule has 0 aromatic rings. The third-order valence-electron chi connectivity index (χ3n) is 3.65. The highest BCUT2D eigenvalue weighted by atomic mass is 16.3. The fourth-order valence-electron chi connectivity index (χ4n) is 1.90. The second-order valence-corrected chi connectivity index (χ2v) is 6.35. The predicted molar refractivity (Wildman–Crippen MR) is 86.3 cm³/mol. The van der Waals surface area contributed by atoms with Gasteiger partial charge in [-0.1, -0.05) is 46.5 Å². The van der Waals surface area contributed by atoms with Crippen LogP contribution in [0.25, 0.3) is 0 Å². The minimum atomic E-state index is -1.27. The van der Waals surface area contributed by atoms with E-state index in [-0.39, 0.29) is 19.1 Å². The molecule has 0 unspecified atom stereocenters. The Morgan fingerprint density at radius 2 is 1.64 bits per heavy atom. The van der Waals surface area contributed by atoms with Gasteiger partial charge in [-0.3, -0.25) is 9.59 Å². The second-order valence-electron chi connectivity index (χ2n) is 6.35. The monoisotopic (exact) mass is 316 g/mol. The first-order valence-corrected chi connectivity index (χ1v) is 8.18. The van der Waals surface area contributed by atoms with Crippen LogP contribution in [0.1, 0.15) is 59.3 Å². The molecule has 0 saturated carbocycles. The van der Waals surface area contributed by atoms with Gasteiger partial charge < -0.3 is 20.8 Å². The molecule has 6 nitrogen and oxygen atoms in total. The van der Waals surface area contributed by atoms with Crippen molar-refractivity contribution < 1.29 is 19.8 Å². The lowest BCUT2D eigenvalue weighted by Crippen LogP contribution is -2.47. The van der Waals surface area contributed by atoms with Gasteiger partial charge in [0, 0.05) is 24.9 Å². The summed E-state index contributed by atoms with van der Waals surface area (Å²) in [4.78, 5) is 23.2. The van der Waals surface area contributed by atoms with Crippen LogP contribution >= 0.6 is 0 Å². The van der Waals surface area contributed by atoms with E-state index in [1.165, 1.54) is 19.3 Å². The van der Waals surface area contributed by atoms with Gasteiger partial charge in [0.2, 0.25) is 11.8 Å². The van der Waals surface area contributed by atoms with Gasteiger partial charge in [0.25, 0.3) is 0 Å². The molecule has 4 N–H and O–H groups in total. The summed E-state index contributed by atoms with van der Waals surface area (Å²) in [7, 11) is 0. The van der Waals surface area contributed by atoms with Gasteiger partial charge in [0.05, 0.1) is 6.61 Å². The molecule has 1 atom stereocenters. The molecule has 0 rings (SSSR count). The van der Waals surface area contributed by atoms with Gasteiger partial charge in [-0.15, -0.1) is 0 Å². The normalized spacial score (nSPS) is 12.8. The topological polar surface area (TPSA) is 98.7 Å². The van der Waals surface area contributed by atoms with E-state index < -0.39 is 17.4 Å². The number of amides is 2. The zero-order chi connectivity index (χ0) is 17.0. The standard InChI is InChI=1S/C16H32N2O4/c1-4-5-6-7-8-9-13(20)17-10-11-18-15(22)14(21)16(2,3)12-19/h14,19,21H,4-12H2,1-3H3,(H,17,20)(H,18,22)/t14-/m0/s1. The number of carbonyl (C=O) groups excluding carboxylic acids is 2. The van der Waals surface area contributed by atoms with E-state index in [2.05, 4.69) is 17.6 Å². The van der Waals surface area contributed by atoms with Crippen LogP contribution in [0.5, 0.6) is 0 Å². The van der Waals surface area contributed by atoms with Crippen molar-refractivity contribution >= 4 is 11.8 Å². The van der Waals surface area contributed by atoms with Crippen molar-refractivity contribution in [2.24, 2.45) is 5.41 Å². The van der Waals surface area contributed by atoms with E-state index in [9.17, 15) is 14.7 Å². The summed E-state index contributed by atoms with van der Waals surface area (Å²) in [6.45, 7) is 5.69. The zero-order valence-corrected chi connectivity index (χ0v) is 14.2. The molecule has 130 valence electrons. The van der Waals surface area contributed by atoms with Gasteiger partial charge in [0.15, 0.2) is 0 Å². The molecule has 2 amide bonds. The summed E-state index contributed by atoms with van der Waals surface area (Å²) in [5.74, 6) is -0.546. The maximum Gasteiger partial charge on any atom is 0.249 e. The molecule has 0 aliphatic heterocycles. The lowest BCUT2D eigenvalue weighted by Gasteiger charge is -2.27. The number of hydrogen-bond donors (Lipinski definition) is 4. The maximum absolute atomic E-state index is 11.7. The highest BCUT2D eigenvalue weighted by molar-refractivity contribution is 5.81. The van der Waals surface area contributed by atoms with E-state index in [1.54, 1.807) is 13.8 Å². The van der Waals surface area contributed by atoms with E-state index in [0.29, 0.717) is 13.0 Å². The van der Waals surface area contributed by atoms with Crippen LogP contribution in [-0.4, -0.2) is 47.8 Å². The number of rotatable bonds is 12. The molecule has 0 heterocycles. The van der Waals surface area contributed by atoms with Crippen molar-refractivity contribution in [2.75, 3.05) is 19.7 Å². The first-order valence-electron chi connectivity index (χ1n) is 8.18. The Bertz CT molecular complexity index is 332. The Hall–Kier alpha value is -1.14. The maximum atomic E-state index is 11.7. The molecular formula is C16H32N2O4. The third kappa shape index (κ3) is 9.00. The SMILES string of the molecule is CCCCCCCC(=O)NCCNC(=O)[C@H](O)C(C)(C)CO. The van der Waals surface area contributed by atoms with Crippen LogP contribution in [0.4, 0.5) is 0 Å². The summed E-state index contributed by atoms with van der Waals surface area (Å²) >= 11 is 0. The number of aliphatic hydroxyl groups is 2. The molecule has 22 heavy (non-hydrogen) atoms. The minimum absolute atomic E-state index is 0.0121. The molecule has 0 aromatic carbocycles. The van der Waals surface area contributed by atoms with Crippen molar-refractivity contribution in [3.05, 3.63) is 0 Å². The van der Waals surface area contributed by atoms with Crippen molar-refractivity contribution in [1.82, 2.24) is 10.6 Å². The molecular weight excluding hydrogens is 284 g/mol. The molecule has 0 bridgehead atoms. The van der Waals surface area contributed by atoms with Crippen molar-refractivity contribution in [3.63, 3.8) is 0 Å². The van der Waals surface area contributed by atoms with Crippen LogP contribution in [0.3, 0.4) is 0 Å². The Morgan fingerprint density at radius 3 is 2.23 bits per heavy atom. The highest BCUT2D eigenvalue weighted by Crippen LogP contribution is 2.19. The summed E-state index contributed by atoms with van der Waals surface area (Å²) in [6, 6.07) is 0. The molecule has 0 aliphatic carbocycles. The van der Waals surface area contributed by atoms with Crippen LogP contribution in [0.15, 0.2) is 0 Å². The Balaban J connectivity index is 3.71. The fourth-order valence-corrected chi connectivity index (χ4v) is 1.90. The van der Waals surface area contributed by atoms with Gasteiger partial charge >= 0.3 is 0 Å². The molecule has 0 aliphatic rings. The van der Waals surface area contributed by atoms with Crippen LogP contribution in [0.2, 0.25) is 0 Å². The number of aliphatic hydroxyl groups excluding tert-OH is 2. The summed E-state index contributed by atoms with van der Waals surface area (Å²) < 4.78 is 0. The molecule has 0 fully saturated rings. The Morgan fingerprint density at radius 1 is 1.05 bits per heavy atom. The van der Waals surface area contributed by atoms with Gasteiger partial charge in [-0.25, -0.2) is 0 Å². The molecule has 0 spiro atoms. The average Bonchev–Trinajstić information content (AvgIpc) is 2.50. The first kappa shape index (κ1) is 20.9. The lowest BCUT2D eigenvalue weighted by atomic mass is 9.87. The van der Waals surface area contributed by atoms with E-state index in [4.69, 9.17) is 5.11 Å². The van der Waals surface area contributed by atoms with Crippen molar-refractivity contribution in [1.29, 1.82) is 0 Å². The van der Waals surface area contributed by atoms with Crippen LogP contribution < -0.4 is 10.6 Å². The largest absolute Gasteiger partial charge is 0.396 e. The van der Waals surface area contributed by atoms with Crippen molar-refractivity contribution in [3.8, 4) is 0 Å². The quantitative estimate of drug-likeness (QED) is 0.403. The second kappa shape index (κ2) is 11.4. The minimum Gasteiger partial charge on any atom is -0.396 e. The van der Waals surface area contributed by atoms with E-state index >= 15 is 0 Å². The third-order valence-corrected chi connectivity index (χ3v) is 3.65. The molecule has 0 radical (unpaired) electrons. The fraction of sp³-hybridized carbons (Fsp3) is 0.875. The van der Waals surface area contributed by atoms with Crippen LogP contribution in [0, 0.1) is 5.41 Å². The van der Waals surface area contributed by atoms with E-state index in [0.717, 1.165) is 12.8 Å². The summed E-state index contributed by atoms with van der Waals surface area (Å²) in [6.07, 6.45) is 4.76. The van der Waals surface area contributed by atoms with E-state index in [1.807, 2.05) is 0 Å². The number of unbranched alkanes of at least 4 members (excludes halogenated alkanes) is 4. The van der Waals surface area contributed by atoms with Gasteiger partial charge in [-0.2, -0.15) is 0 Å². The Labute approximate surface area is 133 Å².